The van der Waals surface area contributed by atoms with Gasteiger partial charge in [0.1, 0.15) is 17.6 Å². The number of rotatable bonds is 10. The van der Waals surface area contributed by atoms with Crippen molar-refractivity contribution < 1.29 is 53.1 Å². The van der Waals surface area contributed by atoms with Crippen LogP contribution < -0.4 is 5.32 Å². The molecule has 1 saturated heterocycles. The molecule has 0 aliphatic carbocycles. The number of nitrogens with zero attached hydrogens (tertiary/aromatic N) is 1. The Bertz CT molecular complexity index is 1290. The molecule has 12 atom stereocenters. The van der Waals surface area contributed by atoms with Crippen LogP contribution in [0, 0.1) is 17.8 Å². The normalized spacial score (nSPS) is 37.4. The van der Waals surface area contributed by atoms with E-state index in [-0.39, 0.29) is 37.5 Å². The number of esters is 2. The highest BCUT2D eigenvalue weighted by Gasteiger charge is 2.51. The van der Waals surface area contributed by atoms with Crippen molar-refractivity contribution >= 4 is 23.6 Å². The zero-order valence-electron chi connectivity index (χ0n) is 33.0. The van der Waals surface area contributed by atoms with Crippen LogP contribution in [0.5, 0.6) is 0 Å². The number of ether oxygens (including phenoxy) is 5. The summed E-state index contributed by atoms with van der Waals surface area (Å²) in [5.74, 6) is -5.48. The maximum atomic E-state index is 14.1. The van der Waals surface area contributed by atoms with E-state index in [4.69, 9.17) is 23.7 Å². The molecule has 0 aromatic rings. The van der Waals surface area contributed by atoms with Gasteiger partial charge in [-0.2, -0.15) is 0 Å². The quantitative estimate of drug-likeness (QED) is 0.169. The largest absolute Gasteiger partial charge is 0.459 e. The molecule has 2 heterocycles. The van der Waals surface area contributed by atoms with Crippen molar-refractivity contribution in [2.24, 2.45) is 17.8 Å². The maximum Gasteiger partial charge on any atom is 0.316 e. The molecule has 13 nitrogen and oxygen atoms in total. The number of ketones is 1. The fourth-order valence-electron chi connectivity index (χ4n) is 7.42. The molecule has 2 aliphatic heterocycles. The van der Waals surface area contributed by atoms with Gasteiger partial charge in [-0.15, -0.1) is 0 Å². The molecule has 0 radical (unpaired) electrons. The van der Waals surface area contributed by atoms with E-state index in [1.807, 2.05) is 32.8 Å². The van der Waals surface area contributed by atoms with Crippen LogP contribution in [0.15, 0.2) is 23.4 Å². The third-order valence-electron chi connectivity index (χ3n) is 10.3. The van der Waals surface area contributed by atoms with Gasteiger partial charge in [-0.25, -0.2) is 0 Å². The SMILES string of the molecule is C=C(CC)CO[C@@H]1[C@@H](C)C(NC(C)=O)=C(C)C[C@@](C)(O)C(O[C@@H]2O[C@H](C)C[C@H](N(C)C)[C@H]2OC(C)=O)[C@@H](C)C(=O)[C@@H](C)C(=O)O[C@H](CC)[C@@]1(C)O. The number of carbonyl (C=O) groups excluding carboxylic acids is 4. The average Bonchev–Trinajstić information content (AvgIpc) is 3.02. The van der Waals surface area contributed by atoms with Crippen LogP contribution in [0.25, 0.3) is 0 Å². The average molecular weight is 725 g/mol. The van der Waals surface area contributed by atoms with Gasteiger partial charge in [-0.05, 0) is 68.0 Å². The molecule has 0 aromatic carbocycles. The Morgan fingerprint density at radius 1 is 1.04 bits per heavy atom. The summed E-state index contributed by atoms with van der Waals surface area (Å²) in [6, 6.07) is -0.306. The summed E-state index contributed by atoms with van der Waals surface area (Å²) in [5, 5.41) is 27.4. The summed E-state index contributed by atoms with van der Waals surface area (Å²) in [5.41, 5.74) is -1.94. The van der Waals surface area contributed by atoms with E-state index in [9.17, 15) is 29.4 Å². The second-order valence-electron chi connectivity index (χ2n) is 15.2. The molecule has 2 aliphatic rings. The van der Waals surface area contributed by atoms with E-state index in [2.05, 4.69) is 11.9 Å². The van der Waals surface area contributed by atoms with Crippen LogP contribution in [0.4, 0.5) is 0 Å². The van der Waals surface area contributed by atoms with Gasteiger partial charge in [0.2, 0.25) is 5.91 Å². The molecule has 2 rings (SSSR count). The van der Waals surface area contributed by atoms with E-state index < -0.39 is 77.4 Å². The van der Waals surface area contributed by atoms with E-state index in [0.717, 1.165) is 5.57 Å². The molecule has 3 N–H and O–H groups in total. The first kappa shape index (κ1) is 44.5. The standard InChI is InChI=1S/C38H64N2O11/c1-15-20(3)19-47-34-23(6)30(39-26(9)41)21(4)18-37(11,45)33(24(7)31(43)25(8)35(44)50-29(16-2)38(34,12)46)51-36-32(49-27(10)42)28(40(13)14)17-22(5)48-36/h22-25,28-29,32-34,36,45-46H,3,15-19H2,1-2,4-14H3,(H,39,41)/t22-,23+,24+,25-,28+,29-,32-,33?,34-,36+,37-,38-/m1/s1. The van der Waals surface area contributed by atoms with Gasteiger partial charge in [0.05, 0.1) is 36.6 Å². The molecular weight excluding hydrogens is 660 g/mol. The van der Waals surface area contributed by atoms with Gasteiger partial charge in [0.25, 0.3) is 0 Å². The van der Waals surface area contributed by atoms with Crippen molar-refractivity contribution in [2.45, 2.75) is 156 Å². The first-order chi connectivity index (χ1) is 23.5. The van der Waals surface area contributed by atoms with Crippen LogP contribution in [-0.2, 0) is 42.9 Å². The lowest BCUT2D eigenvalue weighted by molar-refractivity contribution is -0.294. The molecule has 0 aromatic heterocycles. The minimum atomic E-state index is -1.82. The highest BCUT2D eigenvalue weighted by Crippen LogP contribution is 2.38. The molecule has 0 spiro atoms. The third-order valence-corrected chi connectivity index (χ3v) is 10.3. The van der Waals surface area contributed by atoms with Crippen LogP contribution in [0.2, 0.25) is 0 Å². The van der Waals surface area contributed by atoms with Crippen molar-refractivity contribution in [1.82, 2.24) is 10.2 Å². The van der Waals surface area contributed by atoms with E-state index >= 15 is 0 Å². The lowest BCUT2D eigenvalue weighted by Crippen LogP contribution is -2.60. The molecule has 292 valence electrons. The minimum absolute atomic E-state index is 0.0930. The van der Waals surface area contributed by atoms with Crippen molar-refractivity contribution in [1.29, 1.82) is 0 Å². The highest BCUT2D eigenvalue weighted by molar-refractivity contribution is 6.00. The van der Waals surface area contributed by atoms with Crippen molar-refractivity contribution in [3.8, 4) is 0 Å². The summed E-state index contributed by atoms with van der Waals surface area (Å²) in [6.07, 6.45) is -4.61. The zero-order chi connectivity index (χ0) is 39.2. The molecule has 0 saturated carbocycles. The fraction of sp³-hybridized carbons (Fsp3) is 0.789. The topological polar surface area (TPSA) is 170 Å². The van der Waals surface area contributed by atoms with Gasteiger partial charge in [-0.1, -0.05) is 45.4 Å². The number of Topliss-reactive ketones (excluding diaryl/α,β-unsaturated/α-hetero) is 1. The summed E-state index contributed by atoms with van der Waals surface area (Å²) in [7, 11) is 3.70. The smallest absolute Gasteiger partial charge is 0.316 e. The van der Waals surface area contributed by atoms with Gasteiger partial charge >= 0.3 is 11.9 Å². The summed E-state index contributed by atoms with van der Waals surface area (Å²) in [6.45, 7) is 21.8. The predicted molar refractivity (Wildman–Crippen MR) is 191 cm³/mol. The van der Waals surface area contributed by atoms with Crippen LogP contribution in [0.1, 0.15) is 102 Å². The monoisotopic (exact) mass is 724 g/mol. The Balaban J connectivity index is 2.85. The number of nitrogens with one attached hydrogen (secondary N) is 1. The number of cyclic esters (lactones) is 1. The van der Waals surface area contributed by atoms with E-state index in [0.29, 0.717) is 24.1 Å². The van der Waals surface area contributed by atoms with Gasteiger partial charge in [-0.3, -0.25) is 19.2 Å². The minimum Gasteiger partial charge on any atom is -0.459 e. The molecule has 13 heteroatoms. The van der Waals surface area contributed by atoms with Crippen LogP contribution >= 0.6 is 0 Å². The Morgan fingerprint density at radius 2 is 1.65 bits per heavy atom. The van der Waals surface area contributed by atoms with E-state index in [1.54, 1.807) is 27.7 Å². The Morgan fingerprint density at radius 3 is 2.16 bits per heavy atom. The lowest BCUT2D eigenvalue weighted by atomic mass is 9.77. The lowest BCUT2D eigenvalue weighted by Gasteiger charge is -2.46. The summed E-state index contributed by atoms with van der Waals surface area (Å²) >= 11 is 0. The summed E-state index contributed by atoms with van der Waals surface area (Å²) in [4.78, 5) is 54.7. The highest BCUT2D eigenvalue weighted by atomic mass is 16.7. The zero-order valence-corrected chi connectivity index (χ0v) is 33.0. The molecular formula is C38H64N2O11. The molecule has 1 fully saturated rings. The van der Waals surface area contributed by atoms with Crippen molar-refractivity contribution in [3.63, 3.8) is 0 Å². The molecule has 1 amide bonds. The van der Waals surface area contributed by atoms with E-state index in [1.165, 1.54) is 34.6 Å². The molecule has 1 unspecified atom stereocenters. The Hall–Kier alpha value is -2.68. The van der Waals surface area contributed by atoms with Gasteiger partial charge in [0, 0.05) is 37.8 Å². The number of likely N-dealkylation sites (N-methyl/N-ethyl adjacent to an activating group) is 1. The maximum absolute atomic E-state index is 14.1. The number of carbonyl (C=O) groups is 4. The fourth-order valence-corrected chi connectivity index (χ4v) is 7.42. The Kier molecular flexibility index (Phi) is 16.0. The number of hydrogen-bond acceptors (Lipinski definition) is 12. The van der Waals surface area contributed by atoms with Gasteiger partial charge < -0.3 is 44.1 Å². The molecule has 51 heavy (non-hydrogen) atoms. The number of amides is 1. The summed E-state index contributed by atoms with van der Waals surface area (Å²) < 4.78 is 30.7. The predicted octanol–water partition coefficient (Wildman–Crippen LogP) is 3.83. The second-order valence-corrected chi connectivity index (χ2v) is 15.2. The molecule has 0 bridgehead atoms. The number of aliphatic hydroxyl groups is 2. The van der Waals surface area contributed by atoms with Crippen molar-refractivity contribution in [3.05, 3.63) is 23.4 Å². The number of hydrogen-bond donors (Lipinski definition) is 3. The van der Waals surface area contributed by atoms with Crippen molar-refractivity contribution in [2.75, 3.05) is 20.7 Å². The second kappa shape index (κ2) is 18.4. The Labute approximate surface area is 304 Å². The first-order valence-electron chi connectivity index (χ1n) is 18.1. The third kappa shape index (κ3) is 11.2. The van der Waals surface area contributed by atoms with Crippen LogP contribution in [-0.4, -0.2) is 113 Å². The van der Waals surface area contributed by atoms with Crippen LogP contribution in [0.3, 0.4) is 0 Å². The van der Waals surface area contributed by atoms with Gasteiger partial charge in [0.15, 0.2) is 18.2 Å². The first-order valence-corrected chi connectivity index (χ1v) is 18.1.